The van der Waals surface area contributed by atoms with Gasteiger partial charge in [-0.25, -0.2) is 4.79 Å². The lowest BCUT2D eigenvalue weighted by molar-refractivity contribution is -0.146. The third kappa shape index (κ3) is 9.97. The zero-order chi connectivity index (χ0) is 27.0. The summed E-state index contributed by atoms with van der Waals surface area (Å²) >= 11 is 0. The number of unbranched alkanes of at least 4 members (excludes halogenated alkanes) is 8. The molecule has 0 N–H and O–H groups in total. The summed E-state index contributed by atoms with van der Waals surface area (Å²) in [5.41, 5.74) is 2.56. The van der Waals surface area contributed by atoms with E-state index in [0.717, 1.165) is 48.4 Å². The van der Waals surface area contributed by atoms with Crippen LogP contribution in [0.15, 0.2) is 59.1 Å². The van der Waals surface area contributed by atoms with Gasteiger partial charge in [0.1, 0.15) is 17.2 Å². The van der Waals surface area contributed by atoms with Crippen LogP contribution < -0.4 is 9.47 Å². The summed E-state index contributed by atoms with van der Waals surface area (Å²) in [5.74, 6) is 1.58. The van der Waals surface area contributed by atoms with Gasteiger partial charge in [0, 0.05) is 23.8 Å². The van der Waals surface area contributed by atoms with Crippen LogP contribution in [-0.4, -0.2) is 30.4 Å². The maximum Gasteiger partial charge on any atom is 0.340 e. The summed E-state index contributed by atoms with van der Waals surface area (Å²) in [7, 11) is 0. The lowest BCUT2D eigenvalue weighted by atomic mass is 10.1. The number of esters is 1. The van der Waals surface area contributed by atoms with E-state index in [1.165, 1.54) is 44.9 Å². The zero-order valence-electron chi connectivity index (χ0n) is 23.2. The number of rotatable bonds is 18. The molecule has 0 spiro atoms. The lowest BCUT2D eigenvalue weighted by Crippen LogP contribution is -2.26. The average molecular weight is 522 g/mol. The van der Waals surface area contributed by atoms with Crippen molar-refractivity contribution in [1.82, 2.24) is 5.16 Å². The Labute approximate surface area is 227 Å². The molecule has 0 bridgehead atoms. The van der Waals surface area contributed by atoms with Gasteiger partial charge >= 0.3 is 5.97 Å². The van der Waals surface area contributed by atoms with Crippen molar-refractivity contribution >= 4 is 5.97 Å². The van der Waals surface area contributed by atoms with Crippen molar-refractivity contribution in [3.63, 3.8) is 0 Å². The highest BCUT2D eigenvalue weighted by atomic mass is 16.6. The zero-order valence-corrected chi connectivity index (χ0v) is 23.2. The Kier molecular flexibility index (Phi) is 12.9. The Balaban J connectivity index is 1.43. The Hall–Kier alpha value is -3.12. The van der Waals surface area contributed by atoms with Crippen molar-refractivity contribution in [2.45, 2.75) is 91.1 Å². The van der Waals surface area contributed by atoms with Gasteiger partial charge in [-0.05, 0) is 68.3 Å². The Morgan fingerprint density at radius 1 is 0.763 bits per heavy atom. The molecular formula is C32H43NO5. The second kappa shape index (κ2) is 16.7. The van der Waals surface area contributed by atoms with Gasteiger partial charge in [0.2, 0.25) is 0 Å². The SMILES string of the molecule is CCCCCCCCCCOc1ccc(-c2cc(-c3ccc(OC(=O)[C@H](C)OCCCC)cc3)on2)cc1. The van der Waals surface area contributed by atoms with Gasteiger partial charge in [-0.2, -0.15) is 0 Å². The Bertz CT molecular complexity index is 1060. The molecule has 0 radical (unpaired) electrons. The molecule has 0 aliphatic carbocycles. The van der Waals surface area contributed by atoms with Gasteiger partial charge in [0.25, 0.3) is 0 Å². The number of nitrogens with zero attached hydrogens (tertiary/aromatic N) is 1. The van der Waals surface area contributed by atoms with Crippen molar-refractivity contribution < 1.29 is 23.5 Å². The van der Waals surface area contributed by atoms with Crippen LogP contribution >= 0.6 is 0 Å². The van der Waals surface area contributed by atoms with Crippen LogP contribution in [0.25, 0.3) is 22.6 Å². The number of benzene rings is 2. The van der Waals surface area contributed by atoms with Crippen LogP contribution in [0, 0.1) is 0 Å². The molecule has 206 valence electrons. The van der Waals surface area contributed by atoms with Crippen molar-refractivity contribution in [3.8, 4) is 34.1 Å². The molecule has 6 nitrogen and oxygen atoms in total. The van der Waals surface area contributed by atoms with Crippen molar-refractivity contribution in [2.75, 3.05) is 13.2 Å². The summed E-state index contributed by atoms with van der Waals surface area (Å²) in [6.45, 7) is 7.34. The predicted molar refractivity (Wildman–Crippen MR) is 151 cm³/mol. The molecule has 2 aromatic carbocycles. The quantitative estimate of drug-likeness (QED) is 0.0947. The first-order chi connectivity index (χ1) is 18.6. The topological polar surface area (TPSA) is 70.8 Å². The summed E-state index contributed by atoms with van der Waals surface area (Å²) in [6.07, 6.45) is 11.7. The van der Waals surface area contributed by atoms with E-state index in [4.69, 9.17) is 18.7 Å². The third-order valence-electron chi connectivity index (χ3n) is 6.48. The fraction of sp³-hybridized carbons (Fsp3) is 0.500. The molecule has 0 amide bonds. The highest BCUT2D eigenvalue weighted by Gasteiger charge is 2.16. The van der Waals surface area contributed by atoms with Gasteiger partial charge in [0.15, 0.2) is 11.9 Å². The van der Waals surface area contributed by atoms with Gasteiger partial charge in [-0.3, -0.25) is 0 Å². The fourth-order valence-electron chi connectivity index (χ4n) is 4.05. The van der Waals surface area contributed by atoms with Gasteiger partial charge < -0.3 is 18.7 Å². The van der Waals surface area contributed by atoms with Crippen LogP contribution in [0.3, 0.4) is 0 Å². The van der Waals surface area contributed by atoms with Crippen LogP contribution in [0.2, 0.25) is 0 Å². The van der Waals surface area contributed by atoms with Crippen molar-refractivity contribution in [2.24, 2.45) is 0 Å². The van der Waals surface area contributed by atoms with E-state index in [2.05, 4.69) is 19.0 Å². The molecule has 0 unspecified atom stereocenters. The van der Waals surface area contributed by atoms with Crippen LogP contribution in [0.5, 0.6) is 11.5 Å². The predicted octanol–water partition coefficient (Wildman–Crippen LogP) is 8.64. The van der Waals surface area contributed by atoms with E-state index in [9.17, 15) is 4.79 Å². The molecule has 0 saturated heterocycles. The van der Waals surface area contributed by atoms with Crippen LogP contribution in [0.1, 0.15) is 85.0 Å². The largest absolute Gasteiger partial charge is 0.494 e. The monoisotopic (exact) mass is 521 g/mol. The first-order valence-corrected chi connectivity index (χ1v) is 14.2. The molecule has 0 saturated carbocycles. The third-order valence-corrected chi connectivity index (χ3v) is 6.48. The normalized spacial score (nSPS) is 11.9. The van der Waals surface area contributed by atoms with E-state index < -0.39 is 12.1 Å². The molecule has 0 aliphatic rings. The summed E-state index contributed by atoms with van der Waals surface area (Å²) in [6, 6.07) is 17.0. The maximum absolute atomic E-state index is 12.2. The van der Waals surface area contributed by atoms with Crippen molar-refractivity contribution in [1.29, 1.82) is 0 Å². The molecule has 1 atom stereocenters. The molecule has 3 aromatic rings. The van der Waals surface area contributed by atoms with E-state index in [1.807, 2.05) is 42.5 Å². The molecule has 3 rings (SSSR count). The highest BCUT2D eigenvalue weighted by molar-refractivity contribution is 5.77. The maximum atomic E-state index is 12.2. The Morgan fingerprint density at radius 2 is 1.37 bits per heavy atom. The van der Waals surface area contributed by atoms with E-state index >= 15 is 0 Å². The summed E-state index contributed by atoms with van der Waals surface area (Å²) < 4.78 is 22.4. The second-order valence-corrected chi connectivity index (χ2v) is 9.74. The minimum absolute atomic E-state index is 0.402. The average Bonchev–Trinajstić information content (AvgIpc) is 3.43. The van der Waals surface area contributed by atoms with E-state index in [1.54, 1.807) is 19.1 Å². The highest BCUT2D eigenvalue weighted by Crippen LogP contribution is 2.28. The number of hydrogen-bond acceptors (Lipinski definition) is 6. The number of carbonyl (C=O) groups excluding carboxylic acids is 1. The molecule has 6 heteroatoms. The van der Waals surface area contributed by atoms with Gasteiger partial charge in [-0.1, -0.05) is 70.4 Å². The molecular weight excluding hydrogens is 478 g/mol. The molecule has 0 aliphatic heterocycles. The Morgan fingerprint density at radius 3 is 2.05 bits per heavy atom. The summed E-state index contributed by atoms with van der Waals surface area (Å²) in [5, 5.41) is 4.23. The van der Waals surface area contributed by atoms with E-state index in [-0.39, 0.29) is 0 Å². The number of aromatic nitrogens is 1. The minimum atomic E-state index is -0.597. The molecule has 38 heavy (non-hydrogen) atoms. The number of carbonyl (C=O) groups is 1. The molecule has 0 fully saturated rings. The minimum Gasteiger partial charge on any atom is -0.494 e. The first kappa shape index (κ1) is 29.4. The second-order valence-electron chi connectivity index (χ2n) is 9.74. The standard InChI is InChI=1S/C32H43NO5/c1-4-6-8-9-10-11-12-13-23-36-28-18-14-26(15-19-28)30-24-31(38-33-30)27-16-20-29(21-17-27)37-32(34)25(3)35-22-7-5-2/h14-21,24-25H,4-13,22-23H2,1-3H3/t25-/m0/s1. The molecule has 1 heterocycles. The molecule has 1 aromatic heterocycles. The van der Waals surface area contributed by atoms with E-state index in [0.29, 0.717) is 18.1 Å². The van der Waals surface area contributed by atoms with Crippen LogP contribution in [0.4, 0.5) is 0 Å². The van der Waals surface area contributed by atoms with Gasteiger partial charge in [0.05, 0.1) is 6.61 Å². The fourth-order valence-corrected chi connectivity index (χ4v) is 4.05. The van der Waals surface area contributed by atoms with Gasteiger partial charge in [-0.15, -0.1) is 0 Å². The van der Waals surface area contributed by atoms with Crippen LogP contribution in [-0.2, 0) is 9.53 Å². The summed E-state index contributed by atoms with van der Waals surface area (Å²) in [4.78, 5) is 12.2. The number of ether oxygens (including phenoxy) is 3. The smallest absolute Gasteiger partial charge is 0.340 e. The lowest BCUT2D eigenvalue weighted by Gasteiger charge is -2.12. The van der Waals surface area contributed by atoms with Crippen molar-refractivity contribution in [3.05, 3.63) is 54.6 Å². The number of hydrogen-bond donors (Lipinski definition) is 0. The first-order valence-electron chi connectivity index (χ1n) is 14.2.